The van der Waals surface area contributed by atoms with Crippen LogP contribution in [0.1, 0.15) is 0 Å². The number of hydrogen-bond acceptors (Lipinski definition) is 4. The predicted octanol–water partition coefficient (Wildman–Crippen LogP) is 13.2. The van der Waals surface area contributed by atoms with E-state index in [-0.39, 0.29) is 40.0 Å². The van der Waals surface area contributed by atoms with Gasteiger partial charge in [-0.25, -0.2) is 39.5 Å². The van der Waals surface area contributed by atoms with Gasteiger partial charge < -0.3 is 20.1 Å². The lowest BCUT2D eigenvalue weighted by Gasteiger charge is -2.08. The summed E-state index contributed by atoms with van der Waals surface area (Å²) >= 11 is 6.14. The summed E-state index contributed by atoms with van der Waals surface area (Å²) < 4.78 is 121. The summed E-state index contributed by atoms with van der Waals surface area (Å²) in [5.74, 6) is -4.26. The zero-order chi connectivity index (χ0) is 51.4. The zero-order valence-electron chi connectivity index (χ0n) is 36.5. The molecule has 0 bridgehead atoms. The van der Waals surface area contributed by atoms with E-state index >= 15 is 0 Å². The van der Waals surface area contributed by atoms with Crippen molar-refractivity contribution in [2.24, 2.45) is 0 Å². The molecule has 0 aromatic heterocycles. The molecule has 0 amide bonds. The minimum absolute atomic E-state index is 0.281. The summed E-state index contributed by atoms with van der Waals surface area (Å²) in [5, 5.41) is 35.6. The van der Waals surface area contributed by atoms with Crippen LogP contribution in [0, 0.1) is 52.4 Å². The van der Waals surface area contributed by atoms with Crippen LogP contribution < -0.4 is 10.9 Å². The Morgan fingerprint density at radius 3 is 0.831 bits per heavy atom. The molecular weight excluding hydrogens is 1070 g/mol. The van der Waals surface area contributed by atoms with Crippen molar-refractivity contribution in [3.8, 4) is 55.6 Å². The van der Waals surface area contributed by atoms with Gasteiger partial charge in [0.15, 0.2) is 0 Å². The Morgan fingerprint density at radius 2 is 0.535 bits per heavy atom. The van der Waals surface area contributed by atoms with Crippen LogP contribution in [0.3, 0.4) is 0 Å². The van der Waals surface area contributed by atoms with Crippen LogP contribution in [-0.2, 0) is 0 Å². The van der Waals surface area contributed by atoms with E-state index in [1.807, 2.05) is 0 Å². The summed E-state index contributed by atoms with van der Waals surface area (Å²) in [6, 6.07) is 45.2. The molecule has 0 spiro atoms. The Kier molecular flexibility index (Phi) is 18.8. The second-order valence-electron chi connectivity index (χ2n) is 15.2. The Hall–Kier alpha value is -6.72. The molecule has 0 saturated carbocycles. The summed E-state index contributed by atoms with van der Waals surface area (Å²) in [6.07, 6.45) is 0. The van der Waals surface area contributed by atoms with Gasteiger partial charge in [0.2, 0.25) is 0 Å². The average molecular weight is 1100 g/mol. The molecular formula is C54H35B2Br2F9O4. The Labute approximate surface area is 419 Å². The smallest absolute Gasteiger partial charge is 0.423 e. The van der Waals surface area contributed by atoms with Crippen molar-refractivity contribution >= 4 is 57.0 Å². The number of hydrogen-bond donors (Lipinski definition) is 4. The van der Waals surface area contributed by atoms with Crippen LogP contribution in [0.15, 0.2) is 197 Å². The molecule has 17 heteroatoms. The van der Waals surface area contributed by atoms with E-state index in [4.69, 9.17) is 20.1 Å². The highest BCUT2D eigenvalue weighted by molar-refractivity contribution is 9.10. The fourth-order valence-electron chi connectivity index (χ4n) is 6.77. The third kappa shape index (κ3) is 14.9. The summed E-state index contributed by atoms with van der Waals surface area (Å²) in [7, 11) is -3.85. The third-order valence-corrected chi connectivity index (χ3v) is 11.6. The van der Waals surface area contributed by atoms with E-state index in [1.54, 1.807) is 78.9 Å². The van der Waals surface area contributed by atoms with E-state index < -0.39 is 37.5 Å². The quantitative estimate of drug-likeness (QED) is 0.0947. The first-order valence-electron chi connectivity index (χ1n) is 20.9. The van der Waals surface area contributed by atoms with Gasteiger partial charge in [0.25, 0.3) is 0 Å². The Morgan fingerprint density at radius 1 is 0.268 bits per heavy atom. The van der Waals surface area contributed by atoms with Crippen LogP contribution in [0.2, 0.25) is 0 Å². The topological polar surface area (TPSA) is 80.9 Å². The minimum atomic E-state index is -1.92. The molecule has 0 radical (unpaired) electrons. The fourth-order valence-corrected chi connectivity index (χ4v) is 7.27. The second-order valence-corrected chi connectivity index (χ2v) is 16.9. The SMILES string of the molecule is Fc1cc(-c2ccc(Br)c(F)c2)ccc1Br.Fc1cccc(-c2ccc(-c3cccc(F)c3)c(F)c2)c1.Fc1cccc(-c2cccc(F)c2)c1.OB(O)c1ccc(-c2ccc(B(O)O)c(F)c2)cc1F. The number of benzene rings is 9. The molecule has 9 aromatic rings. The Bertz CT molecular complexity index is 3140. The second kappa shape index (κ2) is 24.9. The standard InChI is InChI=1S/C18H11F3.C12H10B2F2O4.C12H6Br2F2.C12H8F2/c19-15-5-1-3-12(9-15)13-7-8-17(18(21)11-13)14-4-2-6-16(20)10-14;15-11-5-7(1-3-9(11)13(17)18)8-2-4-10(14(19)20)12(16)6-8;13-9-3-1-7(5-11(9)15)8-2-4-10(14)12(16)6-8;13-11-5-1-3-9(7-11)10-4-2-6-12(14)8-10/h1-11H;1-6,17-20H;1-6H;1-8H. The van der Waals surface area contributed by atoms with Crippen LogP contribution in [-0.4, -0.2) is 34.3 Å². The van der Waals surface area contributed by atoms with E-state index in [9.17, 15) is 39.5 Å². The van der Waals surface area contributed by atoms with Crippen LogP contribution in [0.25, 0.3) is 55.6 Å². The lowest BCUT2D eigenvalue weighted by atomic mass is 9.78. The van der Waals surface area contributed by atoms with Crippen LogP contribution in [0.5, 0.6) is 0 Å². The van der Waals surface area contributed by atoms with Gasteiger partial charge in [0.1, 0.15) is 52.4 Å². The van der Waals surface area contributed by atoms with Gasteiger partial charge >= 0.3 is 14.2 Å². The van der Waals surface area contributed by atoms with E-state index in [0.717, 1.165) is 12.1 Å². The first kappa shape index (κ1) is 53.6. The van der Waals surface area contributed by atoms with Gasteiger partial charge in [-0.2, -0.15) is 0 Å². The van der Waals surface area contributed by atoms with Crippen LogP contribution >= 0.6 is 31.9 Å². The van der Waals surface area contributed by atoms with E-state index in [2.05, 4.69) is 31.9 Å². The Balaban J connectivity index is 0.000000157. The van der Waals surface area contributed by atoms with Gasteiger partial charge in [0.05, 0.1) is 8.95 Å². The minimum Gasteiger partial charge on any atom is -0.423 e. The highest BCUT2D eigenvalue weighted by atomic mass is 79.9. The van der Waals surface area contributed by atoms with Crippen molar-refractivity contribution in [2.75, 3.05) is 0 Å². The van der Waals surface area contributed by atoms with Crippen molar-refractivity contribution < 1.29 is 59.6 Å². The van der Waals surface area contributed by atoms with Gasteiger partial charge in [-0.1, -0.05) is 97.1 Å². The summed E-state index contributed by atoms with van der Waals surface area (Å²) in [6.45, 7) is 0. The van der Waals surface area contributed by atoms with Crippen molar-refractivity contribution in [3.05, 3.63) is 249 Å². The molecule has 9 rings (SSSR count). The third-order valence-electron chi connectivity index (χ3n) is 10.3. The first-order valence-corrected chi connectivity index (χ1v) is 22.5. The van der Waals surface area contributed by atoms with Crippen molar-refractivity contribution in [2.45, 2.75) is 0 Å². The molecule has 0 heterocycles. The average Bonchev–Trinajstić information content (AvgIpc) is 3.33. The molecule has 0 unspecified atom stereocenters. The first-order chi connectivity index (χ1) is 33.9. The number of rotatable bonds is 7. The molecule has 4 N–H and O–H groups in total. The van der Waals surface area contributed by atoms with E-state index in [0.29, 0.717) is 64.6 Å². The maximum atomic E-state index is 14.2. The molecule has 0 aliphatic rings. The normalized spacial score (nSPS) is 10.5. The maximum absolute atomic E-state index is 14.2. The molecule has 71 heavy (non-hydrogen) atoms. The highest BCUT2D eigenvalue weighted by Gasteiger charge is 2.19. The largest absolute Gasteiger partial charge is 0.491 e. The molecule has 358 valence electrons. The van der Waals surface area contributed by atoms with Gasteiger partial charge in [-0.15, -0.1) is 0 Å². The molecule has 0 aliphatic heterocycles. The van der Waals surface area contributed by atoms with Gasteiger partial charge in [0, 0.05) is 16.5 Å². The lowest BCUT2D eigenvalue weighted by Crippen LogP contribution is -2.33. The monoisotopic (exact) mass is 1100 g/mol. The summed E-state index contributed by atoms with van der Waals surface area (Å²) in [4.78, 5) is 0. The van der Waals surface area contributed by atoms with Crippen molar-refractivity contribution in [1.82, 2.24) is 0 Å². The summed E-state index contributed by atoms with van der Waals surface area (Å²) in [5.41, 5.74) is 4.70. The fraction of sp³-hybridized carbons (Fsp3) is 0. The highest BCUT2D eigenvalue weighted by Crippen LogP contribution is 2.30. The zero-order valence-corrected chi connectivity index (χ0v) is 39.7. The molecule has 9 aromatic carbocycles. The van der Waals surface area contributed by atoms with Crippen molar-refractivity contribution in [1.29, 1.82) is 0 Å². The van der Waals surface area contributed by atoms with Gasteiger partial charge in [-0.05, 0) is 173 Å². The lowest BCUT2D eigenvalue weighted by molar-refractivity contribution is 0.421. The molecule has 0 atom stereocenters. The van der Waals surface area contributed by atoms with Crippen LogP contribution in [0.4, 0.5) is 39.5 Å². The number of halogens is 11. The van der Waals surface area contributed by atoms with Gasteiger partial charge in [-0.3, -0.25) is 0 Å². The molecule has 0 aliphatic carbocycles. The molecule has 0 fully saturated rings. The maximum Gasteiger partial charge on any atom is 0.491 e. The van der Waals surface area contributed by atoms with E-state index in [1.165, 1.54) is 97.1 Å². The molecule has 0 saturated heterocycles. The van der Waals surface area contributed by atoms with Crippen molar-refractivity contribution in [3.63, 3.8) is 0 Å². The predicted molar refractivity (Wildman–Crippen MR) is 268 cm³/mol. The molecule has 4 nitrogen and oxygen atoms in total.